The van der Waals surface area contributed by atoms with Gasteiger partial charge in [-0.1, -0.05) is 0 Å². The number of aromatic nitrogens is 2. The number of sulfonamides is 1. The Hall–Kier alpha value is -2.17. The van der Waals surface area contributed by atoms with Crippen LogP contribution in [-0.2, 0) is 16.6 Å². The van der Waals surface area contributed by atoms with E-state index < -0.39 is 10.0 Å². The van der Waals surface area contributed by atoms with Crippen LogP contribution in [0.1, 0.15) is 11.1 Å². The van der Waals surface area contributed by atoms with Crippen molar-refractivity contribution in [2.75, 3.05) is 7.05 Å². The second-order valence-corrected chi connectivity index (χ2v) is 6.05. The number of nitriles is 1. The highest BCUT2D eigenvalue weighted by Crippen LogP contribution is 2.16. The molecule has 0 aliphatic rings. The summed E-state index contributed by atoms with van der Waals surface area (Å²) in [5.74, 6) is 0. The van der Waals surface area contributed by atoms with Gasteiger partial charge in [0.25, 0.3) is 0 Å². The first kappa shape index (κ1) is 13.3. The largest absolute Gasteiger partial charge is 0.285 e. The van der Waals surface area contributed by atoms with E-state index in [9.17, 15) is 8.42 Å². The van der Waals surface area contributed by atoms with Crippen molar-refractivity contribution in [2.24, 2.45) is 0 Å². The van der Waals surface area contributed by atoms with E-state index in [2.05, 4.69) is 10.2 Å². The molecule has 2 rings (SSSR count). The third-order valence-corrected chi connectivity index (χ3v) is 4.47. The first-order valence-electron chi connectivity index (χ1n) is 5.48. The Bertz CT molecular complexity index is 684. The molecule has 1 aromatic carbocycles. The van der Waals surface area contributed by atoms with Crippen LogP contribution in [0.4, 0.5) is 0 Å². The van der Waals surface area contributed by atoms with Crippen LogP contribution in [0.3, 0.4) is 0 Å². The molecule has 2 aromatic rings. The van der Waals surface area contributed by atoms with E-state index in [1.54, 1.807) is 12.4 Å². The van der Waals surface area contributed by atoms with Crippen LogP contribution in [0, 0.1) is 11.3 Å². The van der Waals surface area contributed by atoms with Gasteiger partial charge in [0.2, 0.25) is 10.0 Å². The van der Waals surface area contributed by atoms with Gasteiger partial charge >= 0.3 is 0 Å². The molecular weight excluding hydrogens is 264 g/mol. The molecule has 0 amide bonds. The molecule has 0 saturated heterocycles. The van der Waals surface area contributed by atoms with Gasteiger partial charge in [-0.25, -0.2) is 8.42 Å². The Labute approximate surface area is 111 Å². The molecule has 0 spiro atoms. The lowest BCUT2D eigenvalue weighted by atomic mass is 10.2. The predicted octanol–water partition coefficient (Wildman–Crippen LogP) is 1.10. The fourth-order valence-corrected chi connectivity index (χ4v) is 2.75. The van der Waals surface area contributed by atoms with Crippen molar-refractivity contribution in [3.05, 3.63) is 47.8 Å². The zero-order chi connectivity index (χ0) is 13.9. The van der Waals surface area contributed by atoms with Crippen molar-refractivity contribution >= 4 is 10.0 Å². The molecule has 0 atom stereocenters. The SMILES string of the molecule is CN(Cc1cn[nH]c1)S(=O)(=O)c1ccc(C#N)cc1. The van der Waals surface area contributed by atoms with Gasteiger partial charge < -0.3 is 0 Å². The lowest BCUT2D eigenvalue weighted by Gasteiger charge is -2.16. The third kappa shape index (κ3) is 2.81. The van der Waals surface area contributed by atoms with E-state index in [0.29, 0.717) is 5.56 Å². The number of benzene rings is 1. The summed E-state index contributed by atoms with van der Waals surface area (Å²) in [6.07, 6.45) is 3.22. The van der Waals surface area contributed by atoms with E-state index in [1.807, 2.05) is 6.07 Å². The van der Waals surface area contributed by atoms with E-state index in [1.165, 1.54) is 35.6 Å². The predicted molar refractivity (Wildman–Crippen MR) is 68.4 cm³/mol. The summed E-state index contributed by atoms with van der Waals surface area (Å²) in [5, 5.41) is 15.1. The first-order valence-corrected chi connectivity index (χ1v) is 6.92. The highest BCUT2D eigenvalue weighted by Gasteiger charge is 2.20. The number of nitrogens with one attached hydrogen (secondary N) is 1. The van der Waals surface area contributed by atoms with Gasteiger partial charge in [-0.15, -0.1) is 0 Å². The first-order chi connectivity index (χ1) is 9.04. The molecule has 1 aromatic heterocycles. The summed E-state index contributed by atoms with van der Waals surface area (Å²) in [4.78, 5) is 0.164. The number of aromatic amines is 1. The average Bonchev–Trinajstić information content (AvgIpc) is 2.91. The zero-order valence-corrected chi connectivity index (χ0v) is 11.1. The maximum Gasteiger partial charge on any atom is 0.243 e. The minimum Gasteiger partial charge on any atom is -0.285 e. The lowest BCUT2D eigenvalue weighted by Crippen LogP contribution is -2.26. The van der Waals surface area contributed by atoms with E-state index >= 15 is 0 Å². The molecule has 98 valence electrons. The highest BCUT2D eigenvalue weighted by molar-refractivity contribution is 7.89. The Morgan fingerprint density at radius 3 is 2.58 bits per heavy atom. The number of hydrogen-bond donors (Lipinski definition) is 1. The van der Waals surface area contributed by atoms with Crippen LogP contribution in [0.2, 0.25) is 0 Å². The van der Waals surface area contributed by atoms with Gasteiger partial charge in [0, 0.05) is 25.4 Å². The van der Waals surface area contributed by atoms with Crippen LogP contribution in [-0.4, -0.2) is 30.0 Å². The summed E-state index contributed by atoms with van der Waals surface area (Å²) in [7, 11) is -2.06. The standard InChI is InChI=1S/C12H12N4O2S/c1-16(9-11-7-14-15-8-11)19(17,18)12-4-2-10(6-13)3-5-12/h2-5,7-8H,9H2,1H3,(H,14,15). The second kappa shape index (κ2) is 5.22. The monoisotopic (exact) mass is 276 g/mol. The number of rotatable bonds is 4. The Morgan fingerprint density at radius 2 is 2.05 bits per heavy atom. The van der Waals surface area contributed by atoms with Gasteiger partial charge in [-0.2, -0.15) is 14.7 Å². The Balaban J connectivity index is 2.23. The van der Waals surface area contributed by atoms with Crippen LogP contribution in [0.15, 0.2) is 41.6 Å². The van der Waals surface area contributed by atoms with Crippen molar-refractivity contribution in [2.45, 2.75) is 11.4 Å². The normalized spacial score (nSPS) is 11.4. The van der Waals surface area contributed by atoms with Crippen LogP contribution in [0.25, 0.3) is 0 Å². The van der Waals surface area contributed by atoms with Gasteiger partial charge in [0.1, 0.15) is 0 Å². The van der Waals surface area contributed by atoms with Crippen LogP contribution in [0.5, 0.6) is 0 Å². The molecule has 0 unspecified atom stereocenters. The molecule has 1 heterocycles. The summed E-state index contributed by atoms with van der Waals surface area (Å²) in [5.41, 5.74) is 1.20. The molecular formula is C12H12N4O2S. The molecule has 19 heavy (non-hydrogen) atoms. The molecule has 0 bridgehead atoms. The van der Waals surface area contributed by atoms with E-state index in [0.717, 1.165) is 5.56 Å². The van der Waals surface area contributed by atoms with Crippen LogP contribution >= 0.6 is 0 Å². The molecule has 0 radical (unpaired) electrons. The number of H-pyrrole nitrogens is 1. The average molecular weight is 276 g/mol. The summed E-state index contributed by atoms with van der Waals surface area (Å²) in [6, 6.07) is 7.78. The number of nitrogens with zero attached hydrogens (tertiary/aromatic N) is 3. The highest BCUT2D eigenvalue weighted by atomic mass is 32.2. The smallest absolute Gasteiger partial charge is 0.243 e. The summed E-state index contributed by atoms with van der Waals surface area (Å²) < 4.78 is 25.8. The molecule has 7 heteroatoms. The lowest BCUT2D eigenvalue weighted by molar-refractivity contribution is 0.467. The Morgan fingerprint density at radius 1 is 1.37 bits per heavy atom. The fourth-order valence-electron chi connectivity index (χ4n) is 1.59. The number of hydrogen-bond acceptors (Lipinski definition) is 4. The minimum absolute atomic E-state index is 0.164. The van der Waals surface area contributed by atoms with Crippen molar-refractivity contribution in [1.29, 1.82) is 5.26 Å². The maximum atomic E-state index is 12.3. The Kier molecular flexibility index (Phi) is 3.64. The van der Waals surface area contributed by atoms with Gasteiger partial charge in [0.05, 0.1) is 22.7 Å². The van der Waals surface area contributed by atoms with Crippen molar-refractivity contribution in [3.63, 3.8) is 0 Å². The summed E-state index contributed by atoms with van der Waals surface area (Å²) >= 11 is 0. The maximum absolute atomic E-state index is 12.3. The molecule has 6 nitrogen and oxygen atoms in total. The van der Waals surface area contributed by atoms with Gasteiger partial charge in [-0.3, -0.25) is 5.10 Å². The van der Waals surface area contributed by atoms with Crippen molar-refractivity contribution in [3.8, 4) is 6.07 Å². The fraction of sp³-hybridized carbons (Fsp3) is 0.167. The molecule has 0 aliphatic carbocycles. The molecule has 0 saturated carbocycles. The van der Waals surface area contributed by atoms with Crippen LogP contribution < -0.4 is 0 Å². The quantitative estimate of drug-likeness (QED) is 0.905. The van der Waals surface area contributed by atoms with E-state index in [-0.39, 0.29) is 11.4 Å². The van der Waals surface area contributed by atoms with E-state index in [4.69, 9.17) is 5.26 Å². The minimum atomic E-state index is -3.56. The molecule has 0 aliphatic heterocycles. The second-order valence-electron chi connectivity index (χ2n) is 4.00. The van der Waals surface area contributed by atoms with Crippen molar-refractivity contribution < 1.29 is 8.42 Å². The topological polar surface area (TPSA) is 89.8 Å². The van der Waals surface area contributed by atoms with Crippen molar-refractivity contribution in [1.82, 2.24) is 14.5 Å². The molecule has 0 fully saturated rings. The van der Waals surface area contributed by atoms with Gasteiger partial charge in [-0.05, 0) is 24.3 Å². The third-order valence-electron chi connectivity index (χ3n) is 2.65. The zero-order valence-electron chi connectivity index (χ0n) is 10.2. The van der Waals surface area contributed by atoms with Gasteiger partial charge in [0.15, 0.2) is 0 Å². The summed E-state index contributed by atoms with van der Waals surface area (Å²) in [6.45, 7) is 0.235. The molecule has 1 N–H and O–H groups in total.